The van der Waals surface area contributed by atoms with Crippen molar-refractivity contribution < 1.29 is 37.3 Å². The number of nitrogens with zero attached hydrogens (tertiary/aromatic N) is 1. The Balaban J connectivity index is 3.61. The zero-order valence-corrected chi connectivity index (χ0v) is 24.9. The van der Waals surface area contributed by atoms with Crippen LogP contribution in [0.3, 0.4) is 0 Å². The molecule has 36 heavy (non-hydrogen) atoms. The Morgan fingerprint density at radius 2 is 1.31 bits per heavy atom. The average Bonchev–Trinajstić information content (AvgIpc) is 2.80. The quantitative estimate of drug-likeness (QED) is 0.0757. The number of Topliss-reactive ketones (excluding diaryl/α,β-unsaturated/α-hetero) is 1. The summed E-state index contributed by atoms with van der Waals surface area (Å²) >= 11 is 0. The van der Waals surface area contributed by atoms with Crippen molar-refractivity contribution in [1.82, 2.24) is 0 Å². The molecule has 0 rings (SSSR count). The van der Waals surface area contributed by atoms with Gasteiger partial charge in [-0.3, -0.25) is 9.36 Å². The van der Waals surface area contributed by atoms with Gasteiger partial charge < -0.3 is 27.9 Å². The summed E-state index contributed by atoms with van der Waals surface area (Å²) in [7, 11) is 3.01. The normalized spacial score (nSPS) is 14.6. The van der Waals surface area contributed by atoms with Gasteiger partial charge in [0.2, 0.25) is 0 Å². The molecule has 0 bridgehead atoms. The van der Waals surface area contributed by atoms with Gasteiger partial charge in [-0.1, -0.05) is 71.1 Å². The number of phosphoric acid groups is 1. The van der Waals surface area contributed by atoms with E-state index < -0.39 is 13.9 Å². The van der Waals surface area contributed by atoms with E-state index >= 15 is 0 Å². The first kappa shape index (κ1) is 35.7. The van der Waals surface area contributed by atoms with Crippen LogP contribution in [0.25, 0.3) is 0 Å². The van der Waals surface area contributed by atoms with E-state index in [1.165, 1.54) is 58.5 Å². The maximum Gasteiger partial charge on any atom is 0.268 e. The van der Waals surface area contributed by atoms with Crippen LogP contribution in [0, 0.1) is 0 Å². The SMILES string of the molecule is CCCCCCCCCCCC(=O)CCCCCCOC[C@H](COP(=O)([O-])OCC[N+](C)(C)C)OC. The average molecular weight is 538 g/mol. The molecular weight excluding hydrogens is 481 g/mol. The summed E-state index contributed by atoms with van der Waals surface area (Å²) in [5, 5.41) is 0. The van der Waals surface area contributed by atoms with Crippen molar-refractivity contribution in [1.29, 1.82) is 0 Å². The lowest BCUT2D eigenvalue weighted by molar-refractivity contribution is -0.870. The molecule has 9 heteroatoms. The highest BCUT2D eigenvalue weighted by atomic mass is 31.2. The standard InChI is InChI=1S/C27H56NO7P/c1-6-7-8-9-10-11-12-13-16-19-26(29)20-17-14-15-18-22-33-24-27(32-5)25-35-36(30,31)34-23-21-28(2,3)4/h27H,6-25H2,1-5H3/t27-/m1/s1. The Hall–Kier alpha value is -0.340. The number of hydrogen-bond donors (Lipinski definition) is 0. The minimum absolute atomic E-state index is 0.0727. The van der Waals surface area contributed by atoms with Crippen LogP contribution in [-0.4, -0.2) is 77.6 Å². The summed E-state index contributed by atoms with van der Waals surface area (Å²) in [6.07, 6.45) is 16.3. The molecule has 0 aromatic rings. The van der Waals surface area contributed by atoms with Crippen molar-refractivity contribution in [2.24, 2.45) is 0 Å². The summed E-state index contributed by atoms with van der Waals surface area (Å²) in [6, 6.07) is 0. The lowest BCUT2D eigenvalue weighted by Crippen LogP contribution is -2.37. The van der Waals surface area contributed by atoms with Crippen molar-refractivity contribution >= 4 is 13.6 Å². The number of ether oxygens (including phenoxy) is 2. The van der Waals surface area contributed by atoms with Crippen molar-refractivity contribution in [3.05, 3.63) is 0 Å². The van der Waals surface area contributed by atoms with Gasteiger partial charge in [0.25, 0.3) is 7.82 Å². The molecule has 0 heterocycles. The molecule has 0 aliphatic rings. The van der Waals surface area contributed by atoms with Crippen LogP contribution in [0.1, 0.15) is 103 Å². The largest absolute Gasteiger partial charge is 0.756 e. The Kier molecular flexibility index (Phi) is 22.4. The first-order valence-electron chi connectivity index (χ1n) is 14.1. The lowest BCUT2D eigenvalue weighted by atomic mass is 10.0. The molecule has 0 radical (unpaired) electrons. The lowest BCUT2D eigenvalue weighted by Gasteiger charge is -2.28. The number of hydrogen-bond acceptors (Lipinski definition) is 7. The zero-order valence-electron chi connectivity index (χ0n) is 24.0. The van der Waals surface area contributed by atoms with Crippen LogP contribution >= 0.6 is 7.82 Å². The number of rotatable bonds is 27. The Morgan fingerprint density at radius 1 is 0.778 bits per heavy atom. The minimum atomic E-state index is -4.35. The van der Waals surface area contributed by atoms with E-state index in [1.54, 1.807) is 0 Å². The molecule has 0 fully saturated rings. The maximum absolute atomic E-state index is 12.0. The second-order valence-electron chi connectivity index (χ2n) is 10.8. The van der Waals surface area contributed by atoms with Crippen molar-refractivity contribution in [3.63, 3.8) is 0 Å². The molecule has 0 aliphatic carbocycles. The van der Waals surface area contributed by atoms with Gasteiger partial charge in [0.1, 0.15) is 25.0 Å². The van der Waals surface area contributed by atoms with E-state index in [-0.39, 0.29) is 19.8 Å². The summed E-state index contributed by atoms with van der Waals surface area (Å²) in [4.78, 5) is 23.9. The first-order chi connectivity index (χ1) is 17.1. The van der Waals surface area contributed by atoms with E-state index in [0.29, 0.717) is 29.8 Å². The summed E-state index contributed by atoms with van der Waals surface area (Å²) in [5.74, 6) is 0.397. The smallest absolute Gasteiger partial charge is 0.268 e. The van der Waals surface area contributed by atoms with Crippen LogP contribution in [0.5, 0.6) is 0 Å². The molecule has 0 aliphatic heterocycles. The Bertz CT molecular complexity index is 569. The monoisotopic (exact) mass is 537 g/mol. The fraction of sp³-hybridized carbons (Fsp3) is 0.963. The third-order valence-corrected chi connectivity index (χ3v) is 7.08. The van der Waals surface area contributed by atoms with E-state index in [0.717, 1.165) is 38.5 Å². The molecule has 0 saturated heterocycles. The van der Waals surface area contributed by atoms with Gasteiger partial charge >= 0.3 is 0 Å². The van der Waals surface area contributed by atoms with Crippen LogP contribution < -0.4 is 4.89 Å². The third-order valence-electron chi connectivity index (χ3n) is 6.12. The van der Waals surface area contributed by atoms with E-state index in [9.17, 15) is 14.3 Å². The van der Waals surface area contributed by atoms with Gasteiger partial charge in [-0.2, -0.15) is 0 Å². The Morgan fingerprint density at radius 3 is 1.83 bits per heavy atom. The first-order valence-corrected chi connectivity index (χ1v) is 15.6. The molecule has 216 valence electrons. The highest BCUT2D eigenvalue weighted by molar-refractivity contribution is 7.45. The van der Waals surface area contributed by atoms with Gasteiger partial charge in [-0.15, -0.1) is 0 Å². The topological polar surface area (TPSA) is 94.1 Å². The minimum Gasteiger partial charge on any atom is -0.756 e. The number of quaternary nitrogens is 1. The number of likely N-dealkylation sites (N-methyl/N-ethyl adjacent to an activating group) is 1. The molecule has 0 aromatic carbocycles. The van der Waals surface area contributed by atoms with Gasteiger partial charge in [-0.05, 0) is 19.3 Å². The molecule has 0 N–H and O–H groups in total. The second kappa shape index (κ2) is 22.6. The molecule has 2 atom stereocenters. The van der Waals surface area contributed by atoms with Crippen LogP contribution in [0.2, 0.25) is 0 Å². The number of ketones is 1. The van der Waals surface area contributed by atoms with Gasteiger partial charge in [0, 0.05) is 26.6 Å². The number of carbonyl (C=O) groups excluding carboxylic acids is 1. The highest BCUT2D eigenvalue weighted by Gasteiger charge is 2.17. The third kappa shape index (κ3) is 25.3. The number of unbranched alkanes of at least 4 members (excludes halogenated alkanes) is 11. The van der Waals surface area contributed by atoms with E-state index in [4.69, 9.17) is 18.5 Å². The van der Waals surface area contributed by atoms with Crippen LogP contribution in [0.4, 0.5) is 0 Å². The van der Waals surface area contributed by atoms with Crippen LogP contribution in [-0.2, 0) is 27.9 Å². The van der Waals surface area contributed by atoms with Crippen molar-refractivity contribution in [3.8, 4) is 0 Å². The predicted molar refractivity (Wildman–Crippen MR) is 144 cm³/mol. The number of carbonyl (C=O) groups is 1. The maximum atomic E-state index is 12.0. The van der Waals surface area contributed by atoms with Gasteiger partial charge in [-0.25, -0.2) is 0 Å². The zero-order chi connectivity index (χ0) is 27.1. The van der Waals surface area contributed by atoms with E-state index in [1.807, 2.05) is 21.1 Å². The molecule has 0 aromatic heterocycles. The second-order valence-corrected chi connectivity index (χ2v) is 12.2. The molecular formula is C27H56NO7P. The molecule has 0 spiro atoms. The van der Waals surface area contributed by atoms with Crippen molar-refractivity contribution in [2.45, 2.75) is 109 Å². The predicted octanol–water partition coefficient (Wildman–Crippen LogP) is 5.67. The number of methoxy groups -OCH3 is 1. The fourth-order valence-electron chi connectivity index (χ4n) is 3.67. The molecule has 0 saturated carbocycles. The van der Waals surface area contributed by atoms with Crippen LogP contribution in [0.15, 0.2) is 0 Å². The van der Waals surface area contributed by atoms with Crippen molar-refractivity contribution in [2.75, 3.05) is 61.2 Å². The fourth-order valence-corrected chi connectivity index (χ4v) is 4.40. The summed E-state index contributed by atoms with van der Waals surface area (Å²) < 4.78 is 33.1. The molecule has 1 unspecified atom stereocenters. The summed E-state index contributed by atoms with van der Waals surface area (Å²) in [6.45, 7) is 3.56. The van der Waals surface area contributed by atoms with Gasteiger partial charge in [0.05, 0.1) is 34.4 Å². The number of phosphoric ester groups is 1. The van der Waals surface area contributed by atoms with E-state index in [2.05, 4.69) is 6.92 Å². The Labute approximate surface area is 221 Å². The highest BCUT2D eigenvalue weighted by Crippen LogP contribution is 2.38. The molecule has 0 amide bonds. The molecule has 8 nitrogen and oxygen atoms in total. The summed E-state index contributed by atoms with van der Waals surface area (Å²) in [5.41, 5.74) is 0. The van der Waals surface area contributed by atoms with Gasteiger partial charge in [0.15, 0.2) is 0 Å².